The number of nitrogens with one attached hydrogen (secondary N) is 2. The first-order chi connectivity index (χ1) is 15.5. The molecule has 1 aliphatic carbocycles. The predicted molar refractivity (Wildman–Crippen MR) is 114 cm³/mol. The van der Waals surface area contributed by atoms with Gasteiger partial charge in [0.05, 0.1) is 29.0 Å². The van der Waals surface area contributed by atoms with E-state index in [9.17, 15) is 26.4 Å². The van der Waals surface area contributed by atoms with Crippen LogP contribution in [-0.2, 0) is 21.0 Å². The van der Waals surface area contributed by atoms with Gasteiger partial charge in [0, 0.05) is 17.1 Å². The number of halogens is 3. The van der Waals surface area contributed by atoms with Crippen LogP contribution < -0.4 is 15.8 Å². The molecule has 0 bridgehead atoms. The van der Waals surface area contributed by atoms with Crippen molar-refractivity contribution in [2.24, 2.45) is 5.73 Å². The summed E-state index contributed by atoms with van der Waals surface area (Å²) in [5, 5.41) is 3.64. The number of hydrogen-bond donors (Lipinski definition) is 3. The normalized spacial score (nSPS) is 15.2. The van der Waals surface area contributed by atoms with Crippen molar-refractivity contribution in [1.29, 1.82) is 0 Å². The van der Waals surface area contributed by atoms with Gasteiger partial charge in [0.1, 0.15) is 11.9 Å². The minimum absolute atomic E-state index is 0.0319. The van der Waals surface area contributed by atoms with Gasteiger partial charge in [-0.1, -0.05) is 0 Å². The lowest BCUT2D eigenvalue weighted by Crippen LogP contribution is -2.28. The minimum Gasteiger partial charge on any atom is -0.315 e. The molecule has 15 heteroatoms. The number of rotatable bonds is 7. The molecule has 4 N–H and O–H groups in total. The van der Waals surface area contributed by atoms with Gasteiger partial charge >= 0.3 is 6.18 Å². The summed E-state index contributed by atoms with van der Waals surface area (Å²) in [5.41, 5.74) is 5.19. The van der Waals surface area contributed by atoms with Crippen LogP contribution in [0.4, 0.5) is 24.1 Å². The van der Waals surface area contributed by atoms with E-state index >= 15 is 0 Å². The molecule has 33 heavy (non-hydrogen) atoms. The number of carbonyl (C=O) groups excluding carboxylic acids is 1. The number of thiazole rings is 1. The van der Waals surface area contributed by atoms with Gasteiger partial charge in [0.15, 0.2) is 10.8 Å². The van der Waals surface area contributed by atoms with Gasteiger partial charge in [0.25, 0.3) is 0 Å². The summed E-state index contributed by atoms with van der Waals surface area (Å²) >= 11 is 1.01. The van der Waals surface area contributed by atoms with Gasteiger partial charge in [-0.15, -0.1) is 11.3 Å². The Balaban J connectivity index is 1.41. The predicted octanol–water partition coefficient (Wildman–Crippen LogP) is 2.56. The van der Waals surface area contributed by atoms with E-state index in [2.05, 4.69) is 30.0 Å². The van der Waals surface area contributed by atoms with Crippen molar-refractivity contribution in [1.82, 2.24) is 19.9 Å². The van der Waals surface area contributed by atoms with Crippen LogP contribution in [0.5, 0.6) is 0 Å². The summed E-state index contributed by atoms with van der Waals surface area (Å²) < 4.78 is 64.8. The summed E-state index contributed by atoms with van der Waals surface area (Å²) in [6.45, 7) is 0. The molecule has 0 spiro atoms. The number of nitrogens with two attached hydrogens (primary N) is 1. The zero-order chi connectivity index (χ0) is 23.8. The first-order valence-electron chi connectivity index (χ1n) is 9.42. The molecule has 3 aromatic heterocycles. The van der Waals surface area contributed by atoms with Crippen LogP contribution in [0, 0.1) is 0 Å². The Morgan fingerprint density at radius 1 is 1.18 bits per heavy atom. The van der Waals surface area contributed by atoms with Gasteiger partial charge in [-0.3, -0.25) is 14.5 Å². The van der Waals surface area contributed by atoms with E-state index in [0.29, 0.717) is 19.0 Å². The molecule has 10 nitrogen and oxygen atoms in total. The van der Waals surface area contributed by atoms with Gasteiger partial charge in [0.2, 0.25) is 15.9 Å². The van der Waals surface area contributed by atoms with Crippen molar-refractivity contribution in [3.8, 4) is 11.3 Å². The second-order valence-corrected chi connectivity index (χ2v) is 9.93. The summed E-state index contributed by atoms with van der Waals surface area (Å²) in [6, 6.07) is 1.60. The number of pyridine rings is 1. The standard InChI is InChI=1S/C18H16F3N7O3S2/c19-18(20,21)13-7-23-6-11(25-13)9-1-4-14(24-5-9)27-16(29)15(22)12-8-32-17(26-12)28-33(30,31)10-2-3-10/h1,4-8,10,15H,2-3,22H2,(H,26,28)(H,24,27,29). The summed E-state index contributed by atoms with van der Waals surface area (Å²) in [6.07, 6.45) is -0.415. The lowest BCUT2D eigenvalue weighted by molar-refractivity contribution is -0.141. The van der Waals surface area contributed by atoms with Crippen molar-refractivity contribution < 1.29 is 26.4 Å². The van der Waals surface area contributed by atoms with E-state index in [-0.39, 0.29) is 27.9 Å². The van der Waals surface area contributed by atoms with Gasteiger partial charge in [-0.05, 0) is 25.0 Å². The van der Waals surface area contributed by atoms with E-state index in [4.69, 9.17) is 5.73 Å². The Morgan fingerprint density at radius 3 is 2.58 bits per heavy atom. The van der Waals surface area contributed by atoms with Gasteiger partial charge < -0.3 is 11.1 Å². The molecule has 1 unspecified atom stereocenters. The van der Waals surface area contributed by atoms with E-state index in [1.54, 1.807) is 0 Å². The average molecular weight is 500 g/mol. The van der Waals surface area contributed by atoms with Crippen molar-refractivity contribution in [2.45, 2.75) is 30.3 Å². The molecule has 1 saturated carbocycles. The van der Waals surface area contributed by atoms with Crippen LogP contribution in [0.25, 0.3) is 11.3 Å². The molecule has 0 aliphatic heterocycles. The molecule has 3 heterocycles. The number of carbonyl (C=O) groups is 1. The molecule has 1 amide bonds. The van der Waals surface area contributed by atoms with Crippen molar-refractivity contribution in [3.63, 3.8) is 0 Å². The fraction of sp³-hybridized carbons (Fsp3) is 0.278. The average Bonchev–Trinajstić information content (AvgIpc) is 3.54. The molecule has 1 fully saturated rings. The lowest BCUT2D eigenvalue weighted by atomic mass is 10.2. The number of sulfonamides is 1. The highest BCUT2D eigenvalue weighted by molar-refractivity contribution is 7.93. The van der Waals surface area contributed by atoms with E-state index in [1.807, 2.05) is 0 Å². The zero-order valence-corrected chi connectivity index (χ0v) is 18.2. The van der Waals surface area contributed by atoms with Crippen molar-refractivity contribution >= 4 is 38.2 Å². The first kappa shape index (κ1) is 23.0. The third-order valence-corrected chi connectivity index (χ3v) is 7.28. The Bertz CT molecular complexity index is 1280. The van der Waals surface area contributed by atoms with Gasteiger partial charge in [-0.2, -0.15) is 13.2 Å². The minimum atomic E-state index is -4.63. The highest BCUT2D eigenvalue weighted by Crippen LogP contribution is 2.31. The molecular formula is C18H16F3N7O3S2. The van der Waals surface area contributed by atoms with Crippen molar-refractivity contribution in [2.75, 3.05) is 10.0 Å². The third-order valence-electron chi connectivity index (χ3n) is 4.55. The molecule has 0 radical (unpaired) electrons. The molecule has 1 aliphatic rings. The lowest BCUT2D eigenvalue weighted by Gasteiger charge is -2.10. The Kier molecular flexibility index (Phi) is 6.02. The largest absolute Gasteiger partial charge is 0.434 e. The summed E-state index contributed by atoms with van der Waals surface area (Å²) in [7, 11) is -3.48. The number of aromatic nitrogens is 4. The fourth-order valence-electron chi connectivity index (χ4n) is 2.66. The number of anilines is 2. The maximum absolute atomic E-state index is 12.8. The summed E-state index contributed by atoms with van der Waals surface area (Å²) in [5.74, 6) is -0.556. The highest BCUT2D eigenvalue weighted by Gasteiger charge is 2.36. The first-order valence-corrected chi connectivity index (χ1v) is 11.8. The van der Waals surface area contributed by atoms with Crippen LogP contribution >= 0.6 is 11.3 Å². The molecular weight excluding hydrogens is 483 g/mol. The van der Waals surface area contributed by atoms with E-state index in [0.717, 1.165) is 17.5 Å². The molecule has 1 atom stereocenters. The molecule has 4 rings (SSSR count). The Morgan fingerprint density at radius 2 is 1.94 bits per heavy atom. The number of alkyl halides is 3. The second-order valence-electron chi connectivity index (χ2n) is 7.11. The van der Waals surface area contributed by atoms with Crippen LogP contribution in [0.15, 0.2) is 36.1 Å². The molecule has 0 saturated heterocycles. The monoisotopic (exact) mass is 499 g/mol. The maximum Gasteiger partial charge on any atom is 0.434 e. The van der Waals surface area contributed by atoms with Crippen molar-refractivity contribution in [3.05, 3.63) is 47.5 Å². The van der Waals surface area contributed by atoms with E-state index in [1.165, 1.54) is 23.7 Å². The maximum atomic E-state index is 12.8. The smallest absolute Gasteiger partial charge is 0.315 e. The van der Waals surface area contributed by atoms with Crippen LogP contribution in [0.2, 0.25) is 0 Å². The van der Waals surface area contributed by atoms with Crippen LogP contribution in [-0.4, -0.2) is 39.5 Å². The third kappa shape index (κ3) is 5.43. The molecule has 0 aromatic carbocycles. The Labute approximate surface area is 189 Å². The topological polar surface area (TPSA) is 153 Å². The van der Waals surface area contributed by atoms with Crippen LogP contribution in [0.3, 0.4) is 0 Å². The number of amides is 1. The Hall–Kier alpha value is -3.17. The van der Waals surface area contributed by atoms with E-state index < -0.39 is 39.1 Å². The molecule has 174 valence electrons. The number of nitrogens with zero attached hydrogens (tertiary/aromatic N) is 4. The SMILES string of the molecule is NC(C(=O)Nc1ccc(-c2cncc(C(F)(F)F)n2)cn1)c1csc(NS(=O)(=O)C2CC2)n1. The number of hydrogen-bond acceptors (Lipinski definition) is 9. The molecule has 3 aromatic rings. The highest BCUT2D eigenvalue weighted by atomic mass is 32.2. The quantitative estimate of drug-likeness (QED) is 0.448. The fourth-order valence-corrected chi connectivity index (χ4v) is 5.00. The summed E-state index contributed by atoms with van der Waals surface area (Å²) in [4.78, 5) is 27.6. The van der Waals surface area contributed by atoms with Crippen LogP contribution in [0.1, 0.15) is 30.3 Å². The zero-order valence-electron chi connectivity index (χ0n) is 16.6. The van der Waals surface area contributed by atoms with Gasteiger partial charge in [-0.25, -0.2) is 23.4 Å². The second kappa shape index (κ2) is 8.64.